The molecule has 0 spiro atoms. The van der Waals surface area contributed by atoms with Gasteiger partial charge in [-0.15, -0.1) is 0 Å². The molecule has 7 heteroatoms. The average molecular weight is 430 g/mol. The van der Waals surface area contributed by atoms with Crippen LogP contribution in [-0.2, 0) is 14.8 Å². The first-order chi connectivity index (χ1) is 11.9. The maximum atomic E-state index is 12.5. The number of halogens is 1. The van der Waals surface area contributed by atoms with Crippen LogP contribution in [0.3, 0.4) is 0 Å². The average Bonchev–Trinajstić information content (AvgIpc) is 2.54. The third-order valence-corrected chi connectivity index (χ3v) is 6.40. The first kappa shape index (κ1) is 20.1. The van der Waals surface area contributed by atoms with E-state index in [0.29, 0.717) is 12.3 Å². The van der Waals surface area contributed by atoms with E-state index in [9.17, 15) is 13.2 Å². The fraction of sp³-hybridized carbons (Fsp3) is 0.500. The SMILES string of the molecule is O=C(O)CCCC=CC1CCCC(NS(=O)(=O)c2ccc(Br)cc2)C1. The van der Waals surface area contributed by atoms with Gasteiger partial charge in [-0.25, -0.2) is 13.1 Å². The monoisotopic (exact) mass is 429 g/mol. The van der Waals surface area contributed by atoms with Crippen LogP contribution in [0.2, 0.25) is 0 Å². The molecule has 2 rings (SSSR count). The van der Waals surface area contributed by atoms with Gasteiger partial charge in [0, 0.05) is 16.9 Å². The molecule has 0 heterocycles. The summed E-state index contributed by atoms with van der Waals surface area (Å²) in [6.07, 6.45) is 9.37. The van der Waals surface area contributed by atoms with E-state index in [1.165, 1.54) is 0 Å². The molecule has 1 aromatic rings. The number of sulfonamides is 1. The lowest BCUT2D eigenvalue weighted by Gasteiger charge is -2.28. The maximum absolute atomic E-state index is 12.5. The van der Waals surface area contributed by atoms with Crippen LogP contribution < -0.4 is 4.72 Å². The molecule has 2 unspecified atom stereocenters. The topological polar surface area (TPSA) is 83.5 Å². The number of allylic oxidation sites excluding steroid dienone is 2. The molecule has 1 aliphatic rings. The minimum atomic E-state index is -3.50. The molecule has 0 amide bonds. The molecule has 5 nitrogen and oxygen atoms in total. The number of nitrogens with one attached hydrogen (secondary N) is 1. The first-order valence-corrected chi connectivity index (χ1v) is 10.8. The highest BCUT2D eigenvalue weighted by atomic mass is 79.9. The van der Waals surface area contributed by atoms with Crippen LogP contribution in [0.15, 0.2) is 45.8 Å². The van der Waals surface area contributed by atoms with Crippen molar-refractivity contribution in [1.29, 1.82) is 0 Å². The molecular weight excluding hydrogens is 406 g/mol. The highest BCUT2D eigenvalue weighted by Crippen LogP contribution is 2.27. The molecule has 1 fully saturated rings. The summed E-state index contributed by atoms with van der Waals surface area (Å²) in [6, 6.07) is 6.57. The van der Waals surface area contributed by atoms with Crippen LogP contribution in [0.1, 0.15) is 44.9 Å². The Morgan fingerprint density at radius 2 is 2.00 bits per heavy atom. The maximum Gasteiger partial charge on any atom is 0.303 e. The Morgan fingerprint density at radius 1 is 1.28 bits per heavy atom. The van der Waals surface area contributed by atoms with Gasteiger partial charge in [0.05, 0.1) is 4.90 Å². The van der Waals surface area contributed by atoms with Gasteiger partial charge in [-0.05, 0) is 62.3 Å². The largest absolute Gasteiger partial charge is 0.481 e. The number of carboxylic acids is 1. The van der Waals surface area contributed by atoms with Gasteiger partial charge < -0.3 is 5.11 Å². The number of hydrogen-bond donors (Lipinski definition) is 2. The summed E-state index contributed by atoms with van der Waals surface area (Å²) < 4.78 is 28.6. The number of benzene rings is 1. The quantitative estimate of drug-likeness (QED) is 0.481. The van der Waals surface area contributed by atoms with Crippen LogP contribution >= 0.6 is 15.9 Å². The van der Waals surface area contributed by atoms with Crippen LogP contribution in [0.5, 0.6) is 0 Å². The highest BCUT2D eigenvalue weighted by Gasteiger charge is 2.25. The van der Waals surface area contributed by atoms with Crippen molar-refractivity contribution < 1.29 is 18.3 Å². The summed E-state index contributed by atoms with van der Waals surface area (Å²) >= 11 is 3.31. The van der Waals surface area contributed by atoms with Crippen molar-refractivity contribution in [3.8, 4) is 0 Å². The highest BCUT2D eigenvalue weighted by molar-refractivity contribution is 9.10. The van der Waals surface area contributed by atoms with Crippen molar-refractivity contribution in [2.45, 2.75) is 55.9 Å². The molecule has 2 N–H and O–H groups in total. The van der Waals surface area contributed by atoms with Crippen LogP contribution in [0, 0.1) is 5.92 Å². The van der Waals surface area contributed by atoms with Gasteiger partial charge in [0.2, 0.25) is 10.0 Å². The van der Waals surface area contributed by atoms with Crippen molar-refractivity contribution in [3.63, 3.8) is 0 Å². The zero-order valence-corrected chi connectivity index (χ0v) is 16.4. The number of aliphatic carboxylic acids is 1. The number of hydrogen-bond acceptors (Lipinski definition) is 3. The Kier molecular flexibility index (Phi) is 7.65. The summed E-state index contributed by atoms with van der Waals surface area (Å²) in [5.41, 5.74) is 0. The van der Waals surface area contributed by atoms with E-state index < -0.39 is 16.0 Å². The van der Waals surface area contributed by atoms with Gasteiger partial charge in [-0.3, -0.25) is 4.79 Å². The van der Waals surface area contributed by atoms with Crippen LogP contribution in [0.25, 0.3) is 0 Å². The summed E-state index contributed by atoms with van der Waals surface area (Å²) in [4.78, 5) is 10.8. The third kappa shape index (κ3) is 6.92. The van der Waals surface area contributed by atoms with Crippen LogP contribution in [0.4, 0.5) is 0 Å². The minimum absolute atomic E-state index is 0.0592. The molecule has 138 valence electrons. The van der Waals surface area contributed by atoms with Gasteiger partial charge in [0.25, 0.3) is 0 Å². The number of carboxylic acid groups (broad SMARTS) is 1. The lowest BCUT2D eigenvalue weighted by molar-refractivity contribution is -0.137. The predicted octanol–water partition coefficient (Wildman–Crippen LogP) is 4.10. The molecule has 25 heavy (non-hydrogen) atoms. The van der Waals surface area contributed by atoms with E-state index in [1.54, 1.807) is 24.3 Å². The Bertz CT molecular complexity index is 700. The molecule has 2 atom stereocenters. The van der Waals surface area contributed by atoms with E-state index in [4.69, 9.17) is 5.11 Å². The molecule has 0 bridgehead atoms. The fourth-order valence-electron chi connectivity index (χ4n) is 3.07. The lowest BCUT2D eigenvalue weighted by atomic mass is 9.86. The number of carbonyl (C=O) groups is 1. The molecule has 1 saturated carbocycles. The molecule has 0 saturated heterocycles. The molecule has 0 aliphatic heterocycles. The van der Waals surface area contributed by atoms with Crippen LogP contribution in [-0.4, -0.2) is 25.5 Å². The standard InChI is InChI=1S/C18H24BrNO4S/c19-15-9-11-17(12-10-15)25(23,24)20-16-7-4-6-14(13-16)5-2-1-3-8-18(21)22/h2,5,9-12,14,16,20H,1,3-4,6-8,13H2,(H,21,22). The number of unbranched alkanes of at least 4 members (excludes halogenated alkanes) is 1. The Morgan fingerprint density at radius 3 is 2.68 bits per heavy atom. The summed E-state index contributed by atoms with van der Waals surface area (Å²) in [6.45, 7) is 0. The van der Waals surface area contributed by atoms with Gasteiger partial charge >= 0.3 is 5.97 Å². The second-order valence-corrected chi connectivity index (χ2v) is 9.04. The second kappa shape index (κ2) is 9.50. The van der Waals surface area contributed by atoms with E-state index in [1.807, 2.05) is 6.08 Å². The van der Waals surface area contributed by atoms with Gasteiger partial charge in [-0.1, -0.05) is 34.5 Å². The smallest absolute Gasteiger partial charge is 0.303 e. The zero-order chi connectivity index (χ0) is 18.3. The summed E-state index contributed by atoms with van der Waals surface area (Å²) in [5.74, 6) is -0.426. The van der Waals surface area contributed by atoms with Crippen molar-refractivity contribution in [2.24, 2.45) is 5.92 Å². The summed E-state index contributed by atoms with van der Waals surface area (Å²) in [5, 5.41) is 8.62. The first-order valence-electron chi connectivity index (χ1n) is 8.53. The predicted molar refractivity (Wildman–Crippen MR) is 101 cm³/mol. The van der Waals surface area contributed by atoms with E-state index in [0.717, 1.165) is 36.6 Å². The second-order valence-electron chi connectivity index (χ2n) is 6.41. The molecule has 1 aliphatic carbocycles. The van der Waals surface area contributed by atoms with Crippen molar-refractivity contribution in [3.05, 3.63) is 40.9 Å². The molecule has 0 aromatic heterocycles. The number of rotatable bonds is 8. The van der Waals surface area contributed by atoms with Gasteiger partial charge in [-0.2, -0.15) is 0 Å². The Balaban J connectivity index is 1.87. The lowest BCUT2D eigenvalue weighted by Crippen LogP contribution is -2.38. The van der Waals surface area contributed by atoms with E-state index in [2.05, 4.69) is 26.7 Å². The Labute approximate surface area is 157 Å². The zero-order valence-electron chi connectivity index (χ0n) is 14.0. The Hall–Kier alpha value is -1.18. The van der Waals surface area contributed by atoms with Gasteiger partial charge in [0.15, 0.2) is 0 Å². The molecule has 0 radical (unpaired) electrons. The minimum Gasteiger partial charge on any atom is -0.481 e. The fourth-order valence-corrected chi connectivity index (χ4v) is 4.62. The van der Waals surface area contributed by atoms with Gasteiger partial charge in [0.1, 0.15) is 0 Å². The van der Waals surface area contributed by atoms with E-state index >= 15 is 0 Å². The summed E-state index contributed by atoms with van der Waals surface area (Å²) in [7, 11) is -3.50. The van der Waals surface area contributed by atoms with Crippen molar-refractivity contribution >= 4 is 31.9 Å². The van der Waals surface area contributed by atoms with Crippen molar-refractivity contribution in [2.75, 3.05) is 0 Å². The third-order valence-electron chi connectivity index (χ3n) is 4.33. The van der Waals surface area contributed by atoms with Crippen molar-refractivity contribution in [1.82, 2.24) is 4.72 Å². The molecular formula is C18H24BrNO4S. The normalized spacial score (nSPS) is 21.5. The van der Waals surface area contributed by atoms with E-state index in [-0.39, 0.29) is 17.4 Å². The molecule has 1 aromatic carbocycles.